The van der Waals surface area contributed by atoms with Gasteiger partial charge in [0, 0.05) is 16.1 Å². The summed E-state index contributed by atoms with van der Waals surface area (Å²) in [4.78, 5) is 12.1. The zero-order valence-electron chi connectivity index (χ0n) is 9.67. The van der Waals surface area contributed by atoms with Crippen LogP contribution in [0.3, 0.4) is 0 Å². The Bertz CT molecular complexity index is 435. The Morgan fingerprint density at radius 2 is 2.24 bits per heavy atom. The lowest BCUT2D eigenvalue weighted by atomic mass is 10.1. The van der Waals surface area contributed by atoms with Crippen molar-refractivity contribution in [1.29, 1.82) is 0 Å². The van der Waals surface area contributed by atoms with Crippen LogP contribution >= 0.6 is 27.5 Å². The van der Waals surface area contributed by atoms with E-state index >= 15 is 0 Å². The maximum atomic E-state index is 12.1. The predicted octanol–water partition coefficient (Wildman–Crippen LogP) is 3.65. The standard InChI is InChI=1S/C13H15BrClNO/c1-8-7-9(14)5-6-10(8)13(17)16-12-4-2-3-11(12)15/h5-7,11-12H,2-4H2,1H3,(H,16,17). The minimum atomic E-state index is -0.0208. The van der Waals surface area contributed by atoms with Crippen LogP contribution < -0.4 is 5.32 Å². The van der Waals surface area contributed by atoms with Crippen molar-refractivity contribution in [3.63, 3.8) is 0 Å². The summed E-state index contributed by atoms with van der Waals surface area (Å²) in [6, 6.07) is 5.79. The summed E-state index contributed by atoms with van der Waals surface area (Å²) in [5, 5.41) is 3.10. The van der Waals surface area contributed by atoms with Gasteiger partial charge in [-0.2, -0.15) is 0 Å². The molecule has 2 unspecified atom stereocenters. The molecule has 1 N–H and O–H groups in total. The number of nitrogens with one attached hydrogen (secondary N) is 1. The van der Waals surface area contributed by atoms with E-state index in [9.17, 15) is 4.79 Å². The minimum Gasteiger partial charge on any atom is -0.348 e. The fourth-order valence-corrected chi connectivity index (χ4v) is 3.02. The third kappa shape index (κ3) is 3.02. The molecular formula is C13H15BrClNO. The van der Waals surface area contributed by atoms with Crippen molar-refractivity contribution < 1.29 is 4.79 Å². The van der Waals surface area contributed by atoms with E-state index in [-0.39, 0.29) is 17.3 Å². The fourth-order valence-electron chi connectivity index (χ4n) is 2.21. The molecular weight excluding hydrogens is 302 g/mol. The summed E-state index contributed by atoms with van der Waals surface area (Å²) in [5.41, 5.74) is 1.70. The van der Waals surface area contributed by atoms with E-state index < -0.39 is 0 Å². The topological polar surface area (TPSA) is 29.1 Å². The number of aryl methyl sites for hydroxylation is 1. The van der Waals surface area contributed by atoms with Crippen LogP contribution in [0.2, 0.25) is 0 Å². The highest BCUT2D eigenvalue weighted by Crippen LogP contribution is 2.24. The van der Waals surface area contributed by atoms with Crippen molar-refractivity contribution in [2.45, 2.75) is 37.6 Å². The molecule has 0 aliphatic heterocycles. The van der Waals surface area contributed by atoms with Crippen molar-refractivity contribution in [3.8, 4) is 0 Å². The summed E-state index contributed by atoms with van der Waals surface area (Å²) in [6.07, 6.45) is 3.07. The van der Waals surface area contributed by atoms with E-state index in [1.807, 2.05) is 25.1 Å². The van der Waals surface area contributed by atoms with E-state index in [1.54, 1.807) is 0 Å². The summed E-state index contributed by atoms with van der Waals surface area (Å²) in [5.74, 6) is -0.0208. The summed E-state index contributed by atoms with van der Waals surface area (Å²) in [7, 11) is 0. The van der Waals surface area contributed by atoms with Gasteiger partial charge < -0.3 is 5.32 Å². The zero-order valence-corrected chi connectivity index (χ0v) is 12.0. The lowest BCUT2D eigenvalue weighted by molar-refractivity contribution is 0.0937. The molecule has 0 radical (unpaired) electrons. The van der Waals surface area contributed by atoms with Gasteiger partial charge in [0.1, 0.15) is 0 Å². The maximum Gasteiger partial charge on any atom is 0.251 e. The number of rotatable bonds is 2. The van der Waals surface area contributed by atoms with Crippen LogP contribution in [0.25, 0.3) is 0 Å². The molecule has 1 amide bonds. The van der Waals surface area contributed by atoms with Crippen molar-refractivity contribution >= 4 is 33.4 Å². The van der Waals surface area contributed by atoms with E-state index in [4.69, 9.17) is 11.6 Å². The normalized spacial score (nSPS) is 23.7. The SMILES string of the molecule is Cc1cc(Br)ccc1C(=O)NC1CCCC1Cl. The molecule has 0 saturated heterocycles. The third-order valence-corrected chi connectivity index (χ3v) is 4.20. The molecule has 0 spiro atoms. The number of benzene rings is 1. The number of carbonyl (C=O) groups excluding carboxylic acids is 1. The molecule has 1 fully saturated rings. The summed E-state index contributed by atoms with van der Waals surface area (Å²) >= 11 is 9.54. The zero-order chi connectivity index (χ0) is 12.4. The van der Waals surface area contributed by atoms with Crippen molar-refractivity contribution in [2.24, 2.45) is 0 Å². The van der Waals surface area contributed by atoms with Crippen molar-refractivity contribution in [2.75, 3.05) is 0 Å². The van der Waals surface area contributed by atoms with Gasteiger partial charge >= 0.3 is 0 Å². The van der Waals surface area contributed by atoms with Gasteiger partial charge in [0.15, 0.2) is 0 Å². The van der Waals surface area contributed by atoms with Crippen molar-refractivity contribution in [3.05, 3.63) is 33.8 Å². The first-order valence-electron chi connectivity index (χ1n) is 5.79. The summed E-state index contributed by atoms with van der Waals surface area (Å²) in [6.45, 7) is 1.94. The molecule has 0 bridgehead atoms. The van der Waals surface area contributed by atoms with Gasteiger partial charge in [-0.3, -0.25) is 4.79 Å². The highest BCUT2D eigenvalue weighted by atomic mass is 79.9. The average molecular weight is 317 g/mol. The molecule has 1 aliphatic rings. The van der Waals surface area contributed by atoms with Crippen LogP contribution in [0.5, 0.6) is 0 Å². The Balaban J connectivity index is 2.09. The number of hydrogen-bond acceptors (Lipinski definition) is 1. The first-order chi connectivity index (χ1) is 8.08. The Morgan fingerprint density at radius 1 is 1.47 bits per heavy atom. The van der Waals surface area contributed by atoms with Crippen LogP contribution in [0.15, 0.2) is 22.7 Å². The highest BCUT2D eigenvalue weighted by Gasteiger charge is 2.27. The molecule has 17 heavy (non-hydrogen) atoms. The molecule has 1 aromatic rings. The van der Waals surface area contributed by atoms with Crippen LogP contribution in [0, 0.1) is 6.92 Å². The van der Waals surface area contributed by atoms with Gasteiger partial charge in [-0.05, 0) is 49.9 Å². The second-order valence-electron chi connectivity index (χ2n) is 4.49. The Kier molecular flexibility index (Phi) is 4.10. The second kappa shape index (κ2) is 5.40. The molecule has 1 aromatic carbocycles. The quantitative estimate of drug-likeness (QED) is 0.829. The first-order valence-corrected chi connectivity index (χ1v) is 7.02. The Hall–Kier alpha value is -0.540. The molecule has 0 heterocycles. The molecule has 4 heteroatoms. The van der Waals surface area contributed by atoms with Gasteiger partial charge in [-0.15, -0.1) is 11.6 Å². The summed E-state index contributed by atoms with van der Waals surface area (Å²) < 4.78 is 0.989. The number of hydrogen-bond donors (Lipinski definition) is 1. The van der Waals surface area contributed by atoms with Crippen molar-refractivity contribution in [1.82, 2.24) is 5.32 Å². The molecule has 1 aliphatic carbocycles. The average Bonchev–Trinajstić information content (AvgIpc) is 2.64. The first kappa shape index (κ1) is 12.9. The smallest absolute Gasteiger partial charge is 0.251 e. The molecule has 1 saturated carbocycles. The predicted molar refractivity (Wildman–Crippen MR) is 73.6 cm³/mol. The van der Waals surface area contributed by atoms with E-state index in [2.05, 4.69) is 21.2 Å². The monoisotopic (exact) mass is 315 g/mol. The van der Waals surface area contributed by atoms with Gasteiger partial charge in [0.2, 0.25) is 0 Å². The largest absolute Gasteiger partial charge is 0.348 e. The number of carbonyl (C=O) groups is 1. The fraction of sp³-hybridized carbons (Fsp3) is 0.462. The van der Waals surface area contributed by atoms with Gasteiger partial charge in [0.05, 0.1) is 5.38 Å². The molecule has 0 aromatic heterocycles. The second-order valence-corrected chi connectivity index (χ2v) is 5.96. The maximum absolute atomic E-state index is 12.1. The Morgan fingerprint density at radius 3 is 2.82 bits per heavy atom. The lowest BCUT2D eigenvalue weighted by Gasteiger charge is -2.16. The van der Waals surface area contributed by atoms with E-state index in [0.29, 0.717) is 0 Å². The number of halogens is 2. The molecule has 2 rings (SSSR count). The van der Waals surface area contributed by atoms with Crippen LogP contribution in [-0.4, -0.2) is 17.3 Å². The van der Waals surface area contributed by atoms with E-state index in [1.165, 1.54) is 0 Å². The van der Waals surface area contributed by atoms with Gasteiger partial charge in [-0.25, -0.2) is 0 Å². The molecule has 92 valence electrons. The van der Waals surface area contributed by atoms with Gasteiger partial charge in [0.25, 0.3) is 5.91 Å². The third-order valence-electron chi connectivity index (χ3n) is 3.18. The van der Waals surface area contributed by atoms with Crippen LogP contribution in [0.1, 0.15) is 35.2 Å². The van der Waals surface area contributed by atoms with Gasteiger partial charge in [-0.1, -0.05) is 15.9 Å². The highest BCUT2D eigenvalue weighted by molar-refractivity contribution is 9.10. The van der Waals surface area contributed by atoms with Crippen LogP contribution in [-0.2, 0) is 0 Å². The molecule has 2 nitrogen and oxygen atoms in total. The number of amides is 1. The van der Waals surface area contributed by atoms with Crippen LogP contribution in [0.4, 0.5) is 0 Å². The Labute approximate surface area is 115 Å². The molecule has 2 atom stereocenters. The van der Waals surface area contributed by atoms with E-state index in [0.717, 1.165) is 34.9 Å². The lowest BCUT2D eigenvalue weighted by Crippen LogP contribution is -2.38. The minimum absolute atomic E-state index is 0.0208. The number of alkyl halides is 1.